The normalized spacial score (nSPS) is 14.2. The smallest absolute Gasteiger partial charge is 0.0991 e. The van der Waals surface area contributed by atoms with E-state index in [1.807, 2.05) is 24.3 Å². The summed E-state index contributed by atoms with van der Waals surface area (Å²) in [5.74, 6) is 0.723. The molecule has 0 spiro atoms. The molecule has 0 aliphatic heterocycles. The minimum Gasteiger partial charge on any atom is -0.309 e. The number of rotatable bonds is 8. The fourth-order valence-electron chi connectivity index (χ4n) is 2.87. The van der Waals surface area contributed by atoms with E-state index in [1.54, 1.807) is 0 Å². The Morgan fingerprint density at radius 3 is 2.14 bits per heavy atom. The van der Waals surface area contributed by atoms with Gasteiger partial charge in [0.15, 0.2) is 0 Å². The number of nitrogens with one attached hydrogen (secondary N) is 1. The number of hydrogen-bond acceptors (Lipinski definition) is 3. The SMILES string of the molecule is CCC(CC)C(CNC(C)c1ccc(C#N)cc1)N(C)C. The van der Waals surface area contributed by atoms with E-state index in [2.05, 4.69) is 51.2 Å². The summed E-state index contributed by atoms with van der Waals surface area (Å²) in [6.07, 6.45) is 2.43. The Bertz CT molecular complexity index is 441. The summed E-state index contributed by atoms with van der Waals surface area (Å²) >= 11 is 0. The third kappa shape index (κ3) is 5.15. The predicted octanol–water partition coefficient (Wildman–Crippen LogP) is 3.58. The summed E-state index contributed by atoms with van der Waals surface area (Å²) in [4.78, 5) is 2.33. The van der Waals surface area contributed by atoms with E-state index in [9.17, 15) is 0 Å². The third-order valence-corrected chi connectivity index (χ3v) is 4.43. The molecule has 2 atom stereocenters. The number of likely N-dealkylation sites (N-methyl/N-ethyl adjacent to an activating group) is 1. The third-order valence-electron chi connectivity index (χ3n) is 4.43. The maximum absolute atomic E-state index is 8.85. The van der Waals surface area contributed by atoms with Crippen molar-refractivity contribution in [1.82, 2.24) is 10.2 Å². The van der Waals surface area contributed by atoms with E-state index in [-0.39, 0.29) is 0 Å². The molecule has 0 heterocycles. The van der Waals surface area contributed by atoms with Gasteiger partial charge in [-0.15, -0.1) is 0 Å². The van der Waals surface area contributed by atoms with Gasteiger partial charge in [0.1, 0.15) is 0 Å². The summed E-state index contributed by atoms with van der Waals surface area (Å²) in [5.41, 5.74) is 1.95. The molecule has 3 nitrogen and oxygen atoms in total. The highest BCUT2D eigenvalue weighted by Crippen LogP contribution is 2.18. The van der Waals surface area contributed by atoms with Gasteiger partial charge in [0.25, 0.3) is 0 Å². The molecule has 116 valence electrons. The minimum absolute atomic E-state index is 0.301. The average molecular weight is 287 g/mol. The van der Waals surface area contributed by atoms with Crippen LogP contribution in [0.1, 0.15) is 50.8 Å². The van der Waals surface area contributed by atoms with Crippen LogP contribution in [0.2, 0.25) is 0 Å². The second-order valence-electron chi connectivity index (χ2n) is 5.97. The molecule has 21 heavy (non-hydrogen) atoms. The molecule has 0 radical (unpaired) electrons. The number of benzene rings is 1. The Balaban J connectivity index is 2.64. The molecule has 3 heteroatoms. The standard InChI is InChI=1S/C18H29N3/c1-6-16(7-2)18(21(4)5)13-20-14(3)17-10-8-15(12-19)9-11-17/h8-11,14,16,18,20H,6-7,13H2,1-5H3. The second kappa shape index (κ2) is 8.81. The molecule has 0 saturated carbocycles. The van der Waals surface area contributed by atoms with Gasteiger partial charge >= 0.3 is 0 Å². The molecule has 0 bridgehead atoms. The molecule has 1 aromatic rings. The molecular weight excluding hydrogens is 258 g/mol. The van der Waals surface area contributed by atoms with Crippen molar-refractivity contribution in [3.8, 4) is 6.07 Å². The van der Waals surface area contributed by atoms with Crippen LogP contribution in [0, 0.1) is 17.2 Å². The monoisotopic (exact) mass is 287 g/mol. The zero-order valence-corrected chi connectivity index (χ0v) is 14.1. The number of nitriles is 1. The van der Waals surface area contributed by atoms with Gasteiger partial charge in [0, 0.05) is 18.6 Å². The van der Waals surface area contributed by atoms with Gasteiger partial charge in [-0.2, -0.15) is 5.26 Å². The van der Waals surface area contributed by atoms with E-state index in [1.165, 1.54) is 18.4 Å². The lowest BCUT2D eigenvalue weighted by molar-refractivity contribution is 0.190. The van der Waals surface area contributed by atoms with Crippen LogP contribution in [0.4, 0.5) is 0 Å². The largest absolute Gasteiger partial charge is 0.309 e. The zero-order valence-electron chi connectivity index (χ0n) is 14.1. The van der Waals surface area contributed by atoms with E-state index in [0.29, 0.717) is 17.6 Å². The Morgan fingerprint density at radius 1 is 1.14 bits per heavy atom. The maximum Gasteiger partial charge on any atom is 0.0991 e. The lowest BCUT2D eigenvalue weighted by Crippen LogP contribution is -2.43. The molecule has 0 aliphatic rings. The molecule has 0 saturated heterocycles. The van der Waals surface area contributed by atoms with E-state index < -0.39 is 0 Å². The summed E-state index contributed by atoms with van der Waals surface area (Å²) in [7, 11) is 4.33. The predicted molar refractivity (Wildman–Crippen MR) is 89.1 cm³/mol. The molecule has 0 amide bonds. The minimum atomic E-state index is 0.301. The second-order valence-corrected chi connectivity index (χ2v) is 5.97. The van der Waals surface area contributed by atoms with Gasteiger partial charge in [-0.3, -0.25) is 0 Å². The molecule has 0 aromatic heterocycles. The van der Waals surface area contributed by atoms with E-state index in [4.69, 9.17) is 5.26 Å². The van der Waals surface area contributed by atoms with Gasteiger partial charge in [-0.05, 0) is 44.6 Å². The fraction of sp³-hybridized carbons (Fsp3) is 0.611. The lowest BCUT2D eigenvalue weighted by atomic mass is 9.93. The maximum atomic E-state index is 8.85. The van der Waals surface area contributed by atoms with Crippen molar-refractivity contribution >= 4 is 0 Å². The molecule has 2 unspecified atom stereocenters. The highest BCUT2D eigenvalue weighted by atomic mass is 15.1. The fourth-order valence-corrected chi connectivity index (χ4v) is 2.87. The Hall–Kier alpha value is -1.37. The molecule has 0 aliphatic carbocycles. The molecule has 0 fully saturated rings. The summed E-state index contributed by atoms with van der Waals surface area (Å²) in [6.45, 7) is 7.71. The topological polar surface area (TPSA) is 39.1 Å². The van der Waals surface area contributed by atoms with Gasteiger partial charge in [-0.25, -0.2) is 0 Å². The Labute approximate surface area is 130 Å². The van der Waals surface area contributed by atoms with Crippen LogP contribution in [-0.2, 0) is 0 Å². The van der Waals surface area contributed by atoms with Crippen molar-refractivity contribution in [3.63, 3.8) is 0 Å². The van der Waals surface area contributed by atoms with Crippen molar-refractivity contribution in [3.05, 3.63) is 35.4 Å². The first-order chi connectivity index (χ1) is 10.0. The first-order valence-electron chi connectivity index (χ1n) is 7.93. The van der Waals surface area contributed by atoms with Crippen LogP contribution in [0.25, 0.3) is 0 Å². The van der Waals surface area contributed by atoms with Crippen LogP contribution in [0.3, 0.4) is 0 Å². The highest BCUT2D eigenvalue weighted by Gasteiger charge is 2.21. The van der Waals surface area contributed by atoms with Crippen molar-refractivity contribution in [1.29, 1.82) is 5.26 Å². The first kappa shape index (κ1) is 17.7. The summed E-state index contributed by atoms with van der Waals surface area (Å²) in [5, 5.41) is 12.5. The molecule has 1 rings (SSSR count). The Kier molecular flexibility index (Phi) is 7.42. The van der Waals surface area contributed by atoms with Crippen LogP contribution in [0.15, 0.2) is 24.3 Å². The van der Waals surface area contributed by atoms with Crippen molar-refractivity contribution in [2.75, 3.05) is 20.6 Å². The van der Waals surface area contributed by atoms with Crippen LogP contribution < -0.4 is 5.32 Å². The van der Waals surface area contributed by atoms with Gasteiger partial charge in [0.05, 0.1) is 11.6 Å². The number of nitrogens with zero attached hydrogens (tertiary/aromatic N) is 2. The lowest BCUT2D eigenvalue weighted by Gasteiger charge is -2.32. The van der Waals surface area contributed by atoms with Crippen molar-refractivity contribution in [2.24, 2.45) is 5.92 Å². The van der Waals surface area contributed by atoms with Crippen LogP contribution in [-0.4, -0.2) is 31.6 Å². The zero-order chi connectivity index (χ0) is 15.8. The van der Waals surface area contributed by atoms with E-state index >= 15 is 0 Å². The van der Waals surface area contributed by atoms with Gasteiger partial charge in [-0.1, -0.05) is 38.8 Å². The summed E-state index contributed by atoms with van der Waals surface area (Å²) in [6, 6.07) is 10.9. The van der Waals surface area contributed by atoms with Gasteiger partial charge < -0.3 is 10.2 Å². The average Bonchev–Trinajstić information content (AvgIpc) is 2.50. The van der Waals surface area contributed by atoms with Gasteiger partial charge in [0.2, 0.25) is 0 Å². The highest BCUT2D eigenvalue weighted by molar-refractivity contribution is 5.32. The Morgan fingerprint density at radius 2 is 1.71 bits per heavy atom. The molecule has 1 aromatic carbocycles. The van der Waals surface area contributed by atoms with E-state index in [0.717, 1.165) is 12.5 Å². The van der Waals surface area contributed by atoms with Crippen LogP contribution in [0.5, 0.6) is 0 Å². The first-order valence-corrected chi connectivity index (χ1v) is 7.93. The van der Waals surface area contributed by atoms with Crippen molar-refractivity contribution < 1.29 is 0 Å². The quantitative estimate of drug-likeness (QED) is 0.794. The van der Waals surface area contributed by atoms with Crippen LogP contribution >= 0.6 is 0 Å². The summed E-state index contributed by atoms with van der Waals surface area (Å²) < 4.78 is 0. The van der Waals surface area contributed by atoms with Crippen molar-refractivity contribution in [2.45, 2.75) is 45.7 Å². The molecular formula is C18H29N3. The number of hydrogen-bond donors (Lipinski definition) is 1. The molecule has 1 N–H and O–H groups in total.